The Kier molecular flexibility index (Phi) is 9.83. The predicted molar refractivity (Wildman–Crippen MR) is 140 cm³/mol. The monoisotopic (exact) mass is 515 g/mol. The molecule has 0 radical (unpaired) electrons. The van der Waals surface area contributed by atoms with Gasteiger partial charge in [-0.05, 0) is 57.6 Å². The van der Waals surface area contributed by atoms with Gasteiger partial charge in [-0.25, -0.2) is 13.8 Å². The number of piperidine rings is 1. The SMILES string of the molecule is C=C(C[C@H](NC(=O)CCC(C)C)C(=O)N[C@@H](C)c1ncc(-c2ccc(F)cc2F)[nH]1)N1CCCC[C@H]1C. The number of halogens is 2. The van der Waals surface area contributed by atoms with E-state index in [9.17, 15) is 18.4 Å². The molecule has 1 aromatic carbocycles. The summed E-state index contributed by atoms with van der Waals surface area (Å²) in [5.41, 5.74) is 1.39. The predicted octanol–water partition coefficient (Wildman–Crippen LogP) is 5.23. The van der Waals surface area contributed by atoms with Crippen LogP contribution in [0.3, 0.4) is 0 Å². The lowest BCUT2D eigenvalue weighted by atomic mass is 10.0. The van der Waals surface area contributed by atoms with Crippen molar-refractivity contribution >= 4 is 11.8 Å². The van der Waals surface area contributed by atoms with Crippen molar-refractivity contribution in [3.63, 3.8) is 0 Å². The normalized spacial score (nSPS) is 17.4. The lowest BCUT2D eigenvalue weighted by Crippen LogP contribution is -2.49. The van der Waals surface area contributed by atoms with Crippen molar-refractivity contribution in [2.45, 2.75) is 84.3 Å². The smallest absolute Gasteiger partial charge is 0.243 e. The molecule has 3 atom stereocenters. The Bertz CT molecular complexity index is 1100. The second-order valence-corrected chi connectivity index (χ2v) is 10.4. The second-order valence-electron chi connectivity index (χ2n) is 10.4. The van der Waals surface area contributed by atoms with Gasteiger partial charge in [0.2, 0.25) is 11.8 Å². The maximum absolute atomic E-state index is 14.2. The number of carbonyl (C=O) groups is 2. The average Bonchev–Trinajstić information content (AvgIpc) is 3.32. The number of amides is 2. The molecule has 1 fully saturated rings. The number of nitrogens with zero attached hydrogens (tertiary/aromatic N) is 2. The van der Waals surface area contributed by atoms with Crippen LogP contribution in [0.5, 0.6) is 0 Å². The maximum Gasteiger partial charge on any atom is 0.243 e. The Balaban J connectivity index is 1.70. The van der Waals surface area contributed by atoms with Gasteiger partial charge in [-0.3, -0.25) is 9.59 Å². The molecule has 1 aliphatic rings. The Hall–Kier alpha value is -3.23. The minimum absolute atomic E-state index is 0.173. The van der Waals surface area contributed by atoms with Crippen LogP contribution in [0.25, 0.3) is 11.3 Å². The van der Waals surface area contributed by atoms with Crippen LogP contribution in [0.1, 0.15) is 78.1 Å². The second kappa shape index (κ2) is 12.8. The molecule has 9 heteroatoms. The van der Waals surface area contributed by atoms with E-state index < -0.39 is 23.7 Å². The van der Waals surface area contributed by atoms with Gasteiger partial charge in [0.05, 0.1) is 17.9 Å². The number of aromatic nitrogens is 2. The molecule has 0 bridgehead atoms. The number of hydrogen-bond donors (Lipinski definition) is 3. The highest BCUT2D eigenvalue weighted by Crippen LogP contribution is 2.25. The van der Waals surface area contributed by atoms with E-state index in [4.69, 9.17) is 0 Å². The van der Waals surface area contributed by atoms with Gasteiger partial charge in [-0.2, -0.15) is 0 Å². The number of hydrogen-bond acceptors (Lipinski definition) is 4. The minimum Gasteiger partial charge on any atom is -0.373 e. The van der Waals surface area contributed by atoms with Crippen LogP contribution < -0.4 is 10.6 Å². The van der Waals surface area contributed by atoms with Crippen molar-refractivity contribution in [3.05, 3.63) is 54.1 Å². The van der Waals surface area contributed by atoms with Crippen molar-refractivity contribution in [2.24, 2.45) is 5.92 Å². The molecule has 0 unspecified atom stereocenters. The summed E-state index contributed by atoms with van der Waals surface area (Å²) in [5, 5.41) is 5.82. The van der Waals surface area contributed by atoms with Gasteiger partial charge in [0.25, 0.3) is 0 Å². The molecule has 2 aromatic rings. The number of benzene rings is 1. The first kappa shape index (κ1) is 28.3. The molecular formula is C28H39F2N5O2. The Morgan fingerprint density at radius 1 is 1.22 bits per heavy atom. The summed E-state index contributed by atoms with van der Waals surface area (Å²) in [4.78, 5) is 35.5. The molecule has 37 heavy (non-hydrogen) atoms. The van der Waals surface area contributed by atoms with Crippen molar-refractivity contribution in [2.75, 3.05) is 6.54 Å². The fraction of sp³-hybridized carbons (Fsp3) is 0.536. The standard InChI is InChI=1S/C28H39F2N5O2/c1-17(2)9-12-26(36)33-24(14-19(4)35-13-7-6-8-18(35)3)28(37)32-20(5)27-31-16-25(34-27)22-11-10-21(29)15-23(22)30/h10-11,15-18,20,24H,4,6-9,12-14H2,1-3,5H3,(H,31,34)(H,32,37)(H,33,36)/t18-,20+,24+/m1/s1. The molecule has 2 heterocycles. The van der Waals surface area contributed by atoms with Gasteiger partial charge in [0.1, 0.15) is 23.5 Å². The lowest BCUT2D eigenvalue weighted by Gasteiger charge is -2.37. The first-order valence-electron chi connectivity index (χ1n) is 13.1. The number of imidazole rings is 1. The first-order valence-corrected chi connectivity index (χ1v) is 13.1. The van der Waals surface area contributed by atoms with Crippen LogP contribution in [-0.2, 0) is 9.59 Å². The summed E-state index contributed by atoms with van der Waals surface area (Å²) in [6, 6.07) is 2.33. The van der Waals surface area contributed by atoms with Gasteiger partial charge < -0.3 is 20.5 Å². The highest BCUT2D eigenvalue weighted by molar-refractivity contribution is 5.88. The quantitative estimate of drug-likeness (QED) is 0.382. The Morgan fingerprint density at radius 2 is 1.97 bits per heavy atom. The molecule has 202 valence electrons. The van der Waals surface area contributed by atoms with Crippen LogP contribution in [-0.4, -0.2) is 45.3 Å². The number of nitrogens with one attached hydrogen (secondary N) is 3. The Morgan fingerprint density at radius 3 is 2.65 bits per heavy atom. The maximum atomic E-state index is 14.2. The zero-order valence-electron chi connectivity index (χ0n) is 22.2. The third-order valence-corrected chi connectivity index (χ3v) is 6.84. The fourth-order valence-corrected chi connectivity index (χ4v) is 4.60. The van der Waals surface area contributed by atoms with E-state index in [0.717, 1.165) is 37.6 Å². The summed E-state index contributed by atoms with van der Waals surface area (Å²) < 4.78 is 27.5. The molecule has 0 saturated carbocycles. The van der Waals surface area contributed by atoms with E-state index in [1.807, 2.05) is 13.8 Å². The average molecular weight is 516 g/mol. The Labute approximate surface area is 218 Å². The number of likely N-dealkylation sites (tertiary alicyclic amines) is 1. The number of aromatic amines is 1. The third-order valence-electron chi connectivity index (χ3n) is 6.84. The largest absolute Gasteiger partial charge is 0.373 e. The minimum atomic E-state index is -0.785. The summed E-state index contributed by atoms with van der Waals surface area (Å²) in [5.74, 6) is -1.10. The van der Waals surface area contributed by atoms with E-state index >= 15 is 0 Å². The third kappa shape index (κ3) is 7.87. The first-order chi connectivity index (χ1) is 17.5. The van der Waals surface area contributed by atoms with Gasteiger partial charge >= 0.3 is 0 Å². The summed E-state index contributed by atoms with van der Waals surface area (Å²) in [7, 11) is 0. The summed E-state index contributed by atoms with van der Waals surface area (Å²) in [6.07, 6.45) is 6.14. The number of rotatable bonds is 11. The van der Waals surface area contributed by atoms with Gasteiger partial charge in [-0.1, -0.05) is 20.4 Å². The van der Waals surface area contributed by atoms with Gasteiger partial charge in [0.15, 0.2) is 0 Å². The molecule has 1 saturated heterocycles. The van der Waals surface area contributed by atoms with Crippen molar-refractivity contribution < 1.29 is 18.4 Å². The van der Waals surface area contributed by atoms with Gasteiger partial charge in [0, 0.05) is 42.8 Å². The molecule has 1 aromatic heterocycles. The molecule has 0 spiro atoms. The van der Waals surface area contributed by atoms with Gasteiger partial charge in [-0.15, -0.1) is 0 Å². The van der Waals surface area contributed by atoms with Crippen LogP contribution in [0.15, 0.2) is 36.7 Å². The molecule has 2 amide bonds. The van der Waals surface area contributed by atoms with E-state index in [1.54, 1.807) is 6.92 Å². The van der Waals surface area contributed by atoms with E-state index in [-0.39, 0.29) is 17.4 Å². The molecule has 1 aliphatic heterocycles. The zero-order chi connectivity index (χ0) is 27.1. The van der Waals surface area contributed by atoms with Crippen LogP contribution in [0.4, 0.5) is 8.78 Å². The topological polar surface area (TPSA) is 90.1 Å². The fourth-order valence-electron chi connectivity index (χ4n) is 4.60. The van der Waals surface area contributed by atoms with Crippen LogP contribution in [0.2, 0.25) is 0 Å². The summed E-state index contributed by atoms with van der Waals surface area (Å²) >= 11 is 0. The van der Waals surface area contributed by atoms with Crippen LogP contribution >= 0.6 is 0 Å². The number of H-pyrrole nitrogens is 1. The van der Waals surface area contributed by atoms with Crippen molar-refractivity contribution in [1.82, 2.24) is 25.5 Å². The van der Waals surface area contributed by atoms with Crippen molar-refractivity contribution in [3.8, 4) is 11.3 Å². The molecule has 7 nitrogen and oxygen atoms in total. The molecule has 3 N–H and O–H groups in total. The van der Waals surface area contributed by atoms with E-state index in [1.165, 1.54) is 24.8 Å². The highest BCUT2D eigenvalue weighted by atomic mass is 19.1. The van der Waals surface area contributed by atoms with E-state index in [2.05, 4.69) is 39.0 Å². The lowest BCUT2D eigenvalue weighted by molar-refractivity contribution is -0.129. The molecule has 3 rings (SSSR count). The zero-order valence-corrected chi connectivity index (χ0v) is 22.2. The number of carbonyl (C=O) groups excluding carboxylic acids is 2. The van der Waals surface area contributed by atoms with Crippen molar-refractivity contribution in [1.29, 1.82) is 0 Å². The molecule has 0 aliphatic carbocycles. The highest BCUT2D eigenvalue weighted by Gasteiger charge is 2.28. The van der Waals surface area contributed by atoms with Crippen LogP contribution in [0, 0.1) is 17.6 Å². The summed E-state index contributed by atoms with van der Waals surface area (Å²) in [6.45, 7) is 13.1. The molecular weight excluding hydrogens is 476 g/mol. The van der Waals surface area contributed by atoms with E-state index in [0.29, 0.717) is 36.3 Å².